The number of carbonyl (C=O) groups is 3. The number of phosphoric acid groups is 1. The van der Waals surface area contributed by atoms with Crippen molar-refractivity contribution in [1.29, 1.82) is 0 Å². The molecule has 2 N–H and O–H groups in total. The van der Waals surface area contributed by atoms with Gasteiger partial charge in [-0.1, -0.05) is 202 Å². The first-order valence-corrected chi connectivity index (χ1v) is 31.0. The van der Waals surface area contributed by atoms with Crippen LogP contribution >= 0.6 is 7.82 Å². The number of aliphatic hydroxyl groups is 1. The zero-order valence-electron chi connectivity index (χ0n) is 47.0. The largest absolute Gasteiger partial charge is 0.472 e. The third-order valence-corrected chi connectivity index (χ3v) is 13.2. The topological polar surface area (TPSA) is 155 Å². The van der Waals surface area contributed by atoms with Crippen molar-refractivity contribution >= 4 is 25.7 Å². The fourth-order valence-electron chi connectivity index (χ4n) is 7.78. The van der Waals surface area contributed by atoms with Gasteiger partial charge in [0.05, 0.1) is 19.8 Å². The van der Waals surface area contributed by atoms with Crippen LogP contribution in [0.4, 0.5) is 0 Å². The molecular formula is C62H107O11P. The number of unbranched alkanes of at least 4 members (excludes halogenated alkanes) is 23. The van der Waals surface area contributed by atoms with Gasteiger partial charge in [-0.25, -0.2) is 4.57 Å². The maximum absolute atomic E-state index is 12.9. The summed E-state index contributed by atoms with van der Waals surface area (Å²) in [5.41, 5.74) is 0. The molecule has 0 aromatic heterocycles. The first-order valence-electron chi connectivity index (χ1n) is 29.5. The minimum Gasteiger partial charge on any atom is -0.462 e. The monoisotopic (exact) mass is 1060 g/mol. The minimum atomic E-state index is -4.76. The number of esters is 3. The van der Waals surface area contributed by atoms with E-state index < -0.39 is 57.8 Å². The molecule has 0 spiro atoms. The van der Waals surface area contributed by atoms with Crippen LogP contribution in [0.2, 0.25) is 0 Å². The lowest BCUT2D eigenvalue weighted by Gasteiger charge is -2.21. The number of phosphoric ester groups is 1. The van der Waals surface area contributed by atoms with Gasteiger partial charge < -0.3 is 24.2 Å². The summed E-state index contributed by atoms with van der Waals surface area (Å²) in [6.07, 6.45) is 63.9. The fourth-order valence-corrected chi connectivity index (χ4v) is 8.57. The molecule has 74 heavy (non-hydrogen) atoms. The molecule has 0 fully saturated rings. The van der Waals surface area contributed by atoms with Crippen LogP contribution in [0.15, 0.2) is 85.1 Å². The molecule has 426 valence electrons. The number of aliphatic hydroxyl groups excluding tert-OH is 1. The highest BCUT2D eigenvalue weighted by Gasteiger charge is 2.28. The second-order valence-electron chi connectivity index (χ2n) is 19.4. The Balaban J connectivity index is 4.76. The van der Waals surface area contributed by atoms with Crippen LogP contribution in [0, 0.1) is 0 Å². The SMILES string of the molecule is CC/C=C\C/C=C\C/C=C\CCCCCCCC(=O)OC(COC(=O)CCCCCCCCC/C=C\C/C=C\CCCCC)COP(=O)(O)OCC(CO)OC(=O)CCCCCCC/C=C\C/C=C\CCCCC. The normalized spacial score (nSPS) is 14.0. The van der Waals surface area contributed by atoms with Gasteiger partial charge in [-0.2, -0.15) is 0 Å². The smallest absolute Gasteiger partial charge is 0.462 e. The molecular weight excluding hydrogens is 952 g/mol. The summed E-state index contributed by atoms with van der Waals surface area (Å²) < 4.78 is 39.5. The number of ether oxygens (including phenoxy) is 3. The van der Waals surface area contributed by atoms with Crippen LogP contribution in [-0.4, -0.2) is 66.5 Å². The second-order valence-corrected chi connectivity index (χ2v) is 20.9. The van der Waals surface area contributed by atoms with E-state index in [4.69, 9.17) is 23.3 Å². The highest BCUT2D eigenvalue weighted by Crippen LogP contribution is 2.43. The average molecular weight is 1060 g/mol. The van der Waals surface area contributed by atoms with Gasteiger partial charge in [-0.15, -0.1) is 0 Å². The lowest BCUT2D eigenvalue weighted by atomic mass is 10.1. The van der Waals surface area contributed by atoms with E-state index in [1.165, 1.54) is 57.8 Å². The van der Waals surface area contributed by atoms with Crippen molar-refractivity contribution in [2.75, 3.05) is 26.4 Å². The summed E-state index contributed by atoms with van der Waals surface area (Å²) in [4.78, 5) is 48.6. The zero-order chi connectivity index (χ0) is 54.1. The second kappa shape index (κ2) is 55.9. The Morgan fingerprint density at radius 2 is 0.703 bits per heavy atom. The Bertz CT molecular complexity index is 1560. The van der Waals surface area contributed by atoms with Crippen LogP contribution < -0.4 is 0 Å². The highest BCUT2D eigenvalue weighted by atomic mass is 31.2. The summed E-state index contributed by atoms with van der Waals surface area (Å²) in [5.74, 6) is -1.51. The van der Waals surface area contributed by atoms with E-state index in [9.17, 15) is 28.9 Å². The van der Waals surface area contributed by atoms with E-state index >= 15 is 0 Å². The molecule has 0 bridgehead atoms. The standard InChI is InChI=1S/C62H107O11P/c1-4-7-10-13-16-19-22-25-28-29-32-33-36-39-42-45-48-51-60(64)69-55-59(73-62(66)53-50-47-44-41-38-35-31-27-24-21-18-15-12-9-6-3)57-71-74(67,68)70-56-58(54-63)72-61(65)52-49-46-43-40-37-34-30-26-23-20-17-14-11-8-5-2/h9,12,16-21,25-28,30-31,58-59,63H,4-8,10-11,13-15,22-24,29,32-57H2,1-3H3,(H,67,68)/b12-9-,19-16-,20-17-,21-18-,28-25-,30-26-,31-27-. The molecule has 0 rings (SSSR count). The quantitative estimate of drug-likeness (QED) is 0.0197. The fraction of sp³-hybridized carbons (Fsp3) is 0.726. The molecule has 0 heterocycles. The van der Waals surface area contributed by atoms with E-state index in [-0.39, 0.29) is 25.9 Å². The Kier molecular flexibility index (Phi) is 53.4. The molecule has 0 aromatic rings. The number of hydrogen-bond acceptors (Lipinski definition) is 10. The van der Waals surface area contributed by atoms with Crippen molar-refractivity contribution in [1.82, 2.24) is 0 Å². The van der Waals surface area contributed by atoms with E-state index in [0.29, 0.717) is 19.3 Å². The third kappa shape index (κ3) is 53.5. The number of carbonyl (C=O) groups excluding carboxylic acids is 3. The molecule has 0 saturated heterocycles. The number of rotatable bonds is 54. The lowest BCUT2D eigenvalue weighted by Crippen LogP contribution is -2.30. The van der Waals surface area contributed by atoms with Crippen LogP contribution in [-0.2, 0) is 42.2 Å². The maximum atomic E-state index is 12.9. The van der Waals surface area contributed by atoms with Crippen molar-refractivity contribution in [2.45, 2.75) is 264 Å². The van der Waals surface area contributed by atoms with E-state index in [1.807, 2.05) is 0 Å². The van der Waals surface area contributed by atoms with Crippen molar-refractivity contribution in [3.63, 3.8) is 0 Å². The predicted molar refractivity (Wildman–Crippen MR) is 307 cm³/mol. The molecule has 11 nitrogen and oxygen atoms in total. The molecule has 0 aliphatic carbocycles. The van der Waals surface area contributed by atoms with Crippen molar-refractivity contribution in [3.05, 3.63) is 85.1 Å². The molecule has 0 amide bonds. The van der Waals surface area contributed by atoms with E-state index in [1.54, 1.807) is 0 Å². The zero-order valence-corrected chi connectivity index (χ0v) is 47.9. The summed E-state index contributed by atoms with van der Waals surface area (Å²) in [5, 5.41) is 9.82. The number of allylic oxidation sites excluding steroid dienone is 14. The minimum absolute atomic E-state index is 0.143. The average Bonchev–Trinajstić information content (AvgIpc) is 3.39. The molecule has 12 heteroatoms. The Labute approximate surface area is 451 Å². The van der Waals surface area contributed by atoms with Crippen molar-refractivity contribution in [2.24, 2.45) is 0 Å². The van der Waals surface area contributed by atoms with E-state index in [0.717, 1.165) is 135 Å². The van der Waals surface area contributed by atoms with Gasteiger partial charge in [0, 0.05) is 19.3 Å². The van der Waals surface area contributed by atoms with Gasteiger partial charge >= 0.3 is 25.7 Å². The third-order valence-electron chi connectivity index (χ3n) is 12.3. The highest BCUT2D eigenvalue weighted by molar-refractivity contribution is 7.47. The molecule has 3 atom stereocenters. The van der Waals surface area contributed by atoms with Gasteiger partial charge in [0.2, 0.25) is 0 Å². The van der Waals surface area contributed by atoms with Gasteiger partial charge in [-0.05, 0) is 116 Å². The molecule has 0 aliphatic rings. The van der Waals surface area contributed by atoms with E-state index in [2.05, 4.69) is 106 Å². The summed E-state index contributed by atoms with van der Waals surface area (Å²) in [6.45, 7) is 4.45. The van der Waals surface area contributed by atoms with Crippen molar-refractivity contribution < 1.29 is 52.2 Å². The van der Waals surface area contributed by atoms with Crippen molar-refractivity contribution in [3.8, 4) is 0 Å². The van der Waals surface area contributed by atoms with Crippen LogP contribution in [0.25, 0.3) is 0 Å². The van der Waals surface area contributed by atoms with Crippen LogP contribution in [0.5, 0.6) is 0 Å². The molecule has 0 radical (unpaired) electrons. The number of hydrogen-bond donors (Lipinski definition) is 2. The van der Waals surface area contributed by atoms with Gasteiger partial charge in [0.15, 0.2) is 6.10 Å². The molecule has 3 unspecified atom stereocenters. The summed E-state index contributed by atoms with van der Waals surface area (Å²) >= 11 is 0. The first-order chi connectivity index (χ1) is 36.2. The van der Waals surface area contributed by atoms with Crippen LogP contribution in [0.3, 0.4) is 0 Å². The molecule has 0 saturated carbocycles. The Hall–Kier alpha value is -3.34. The molecule has 0 aromatic carbocycles. The van der Waals surface area contributed by atoms with Gasteiger partial charge in [0.25, 0.3) is 0 Å². The maximum Gasteiger partial charge on any atom is 0.472 e. The summed E-state index contributed by atoms with van der Waals surface area (Å²) in [6, 6.07) is 0. The van der Waals surface area contributed by atoms with Crippen LogP contribution in [0.1, 0.15) is 252 Å². The first kappa shape index (κ1) is 70.7. The predicted octanol–water partition coefficient (Wildman–Crippen LogP) is 17.5. The lowest BCUT2D eigenvalue weighted by molar-refractivity contribution is -0.161. The van der Waals surface area contributed by atoms with Gasteiger partial charge in [0.1, 0.15) is 12.7 Å². The Morgan fingerprint density at radius 1 is 0.392 bits per heavy atom. The molecule has 0 aliphatic heterocycles. The Morgan fingerprint density at radius 3 is 1.08 bits per heavy atom. The summed E-state index contributed by atoms with van der Waals surface area (Å²) in [7, 11) is -4.76. The van der Waals surface area contributed by atoms with Gasteiger partial charge in [-0.3, -0.25) is 23.4 Å².